The number of hydrogen-bond donors (Lipinski definition) is 1. The molecule has 1 aromatic rings. The molecule has 0 aliphatic heterocycles. The van der Waals surface area contributed by atoms with Gasteiger partial charge in [0.2, 0.25) is 7.98 Å². The molecule has 3 aliphatic carbocycles. The molecule has 1 N–H and O–H groups in total. The van der Waals surface area contributed by atoms with Crippen molar-refractivity contribution in [2.75, 3.05) is 78.3 Å². The Hall–Kier alpha value is -1.27. The zero-order valence-corrected chi connectivity index (χ0v) is 44.5. The number of alkyl halides is 9. The highest BCUT2D eigenvalue weighted by Crippen LogP contribution is 2.62. The summed E-state index contributed by atoms with van der Waals surface area (Å²) in [7, 11) is 5.95. The van der Waals surface area contributed by atoms with Gasteiger partial charge in [-0.3, -0.25) is 0 Å². The number of aliphatic hydroxyl groups excluding tert-OH is 1. The molecule has 0 bridgehead atoms. The molecular weight excluding hydrogens is 993 g/mol. The topological polar surface area (TPSA) is 77.2 Å². The number of rotatable bonds is 30. The summed E-state index contributed by atoms with van der Waals surface area (Å²) in [6, 6.07) is 6.89. The van der Waals surface area contributed by atoms with Gasteiger partial charge in [0.05, 0.1) is 25.9 Å². The average Bonchev–Trinajstić information content (AvgIpc) is 3.63. The van der Waals surface area contributed by atoms with E-state index in [1.165, 1.54) is 18.2 Å². The van der Waals surface area contributed by atoms with Crippen LogP contribution in [-0.2, 0) is 24.9 Å². The normalized spacial score (nSPS) is 23.0. The quantitative estimate of drug-likeness (QED) is 0.0265. The lowest BCUT2D eigenvalue weighted by Gasteiger charge is -2.50. The minimum Gasteiger partial charge on any atom is -0.494 e. The maximum absolute atomic E-state index is 13.2. The van der Waals surface area contributed by atoms with Gasteiger partial charge >= 0.3 is 24.1 Å². The number of unbranched alkanes of at least 4 members (excludes halogenated alkanes) is 1. The van der Waals surface area contributed by atoms with Gasteiger partial charge in [-0.15, -0.1) is 0 Å². The van der Waals surface area contributed by atoms with Crippen molar-refractivity contribution in [1.29, 1.82) is 1.43 Å². The number of aliphatic hydroxyl groups is 1. The first-order chi connectivity index (χ1) is 33.9. The van der Waals surface area contributed by atoms with Crippen LogP contribution >= 0.6 is 30.1 Å². The lowest BCUT2D eigenvalue weighted by atomic mass is 9.55. The molecule has 0 amide bonds. The zero-order chi connectivity index (χ0) is 53.8. The van der Waals surface area contributed by atoms with Crippen molar-refractivity contribution >= 4 is 30.1 Å². The van der Waals surface area contributed by atoms with Crippen LogP contribution in [-0.4, -0.2) is 137 Å². The Balaban J connectivity index is 0.00000445. The molecule has 0 heterocycles. The molecule has 0 radical (unpaired) electrons. The highest BCUT2D eigenvalue weighted by Gasteiger charge is 2.85. The van der Waals surface area contributed by atoms with Crippen LogP contribution in [0.2, 0.25) is 0 Å². The summed E-state index contributed by atoms with van der Waals surface area (Å²) < 4.78 is 163. The van der Waals surface area contributed by atoms with E-state index >= 15 is 0 Å². The lowest BCUT2D eigenvalue weighted by Crippen LogP contribution is -2.67. The molecule has 21 heteroatoms. The molecule has 2 fully saturated rings. The Morgan fingerprint density at radius 1 is 0.886 bits per heavy atom. The van der Waals surface area contributed by atoms with Crippen LogP contribution in [0.4, 0.5) is 39.5 Å². The number of aryl methyl sites for hydroxylation is 1. The summed E-state index contributed by atoms with van der Waals surface area (Å²) in [6.07, 6.45) is -10.9. The maximum atomic E-state index is 13.2. The van der Waals surface area contributed by atoms with E-state index in [0.717, 1.165) is 94.6 Å². The second-order valence-electron chi connectivity index (χ2n) is 19.3. The number of halogens is 9. The summed E-state index contributed by atoms with van der Waals surface area (Å²) >= 11 is 0. The zero-order valence-electron chi connectivity index (χ0n) is 44.0. The molecule has 1 aromatic carbocycles. The first-order valence-corrected chi connectivity index (χ1v) is 28.2. The Morgan fingerprint density at radius 2 is 1.54 bits per heavy atom. The highest BCUT2D eigenvalue weighted by atomic mass is 33.1. The van der Waals surface area contributed by atoms with Crippen LogP contribution in [0.25, 0.3) is 4.85 Å². The number of ether oxygens (including phenoxy) is 3. The monoisotopic (exact) mass is 1070 g/mol. The summed E-state index contributed by atoms with van der Waals surface area (Å²) in [5, 5.41) is 3.50. The van der Waals surface area contributed by atoms with Crippen LogP contribution in [0, 0.1) is 29.7 Å². The van der Waals surface area contributed by atoms with Crippen molar-refractivity contribution in [3.63, 3.8) is 0 Å². The average molecular weight is 1080 g/mol. The van der Waals surface area contributed by atoms with Crippen molar-refractivity contribution in [1.82, 2.24) is 9.57 Å². The number of fused-ring (bicyclic) bond motifs is 5. The van der Waals surface area contributed by atoms with E-state index in [1.54, 1.807) is 0 Å². The fraction of sp³-hybridized carbons (Fsp3) is 0.857. The van der Waals surface area contributed by atoms with Gasteiger partial charge in [-0.25, -0.2) is 11.2 Å². The van der Waals surface area contributed by atoms with E-state index in [4.69, 9.17) is 27.9 Å². The minimum absolute atomic E-state index is 0.154. The van der Waals surface area contributed by atoms with Crippen LogP contribution < -0.4 is 4.74 Å². The molecule has 70 heavy (non-hydrogen) atoms. The van der Waals surface area contributed by atoms with Gasteiger partial charge in [0.25, 0.3) is 8.53 Å². The molecular formula is C49H79F9N3O6PS2. The Kier molecular flexibility index (Phi) is 25.3. The number of benzene rings is 1. The van der Waals surface area contributed by atoms with E-state index in [2.05, 4.69) is 78.1 Å². The molecule has 3 aliphatic rings. The van der Waals surface area contributed by atoms with Gasteiger partial charge in [0.1, 0.15) is 12.4 Å². The third kappa shape index (κ3) is 17.4. The molecule has 0 saturated heterocycles. The third-order valence-corrected chi connectivity index (χ3v) is 18.4. The standard InChI is InChI=1S/C48H75F9N3O5PS2.CH4O/c1-34(2)60(35(3)4)66(64-29-23-58-7)65-33-36(5)14-9-10-24-59(8)25-11-30-67-68-31-13-27-61-38-16-18-39-37(32-38)15-17-41-40(39)21-22-44(6)42(41)19-20-43(44)62-26-12-28-63-45(46(49,50)51,47(52,53)54)48(55,56)57;1-2/h16,18,32,34-36,40-43H,9-15,17,19-31,33H2,1-6,8H3;2H,1H3/t36?,40-,41-,42+,43+,44+,66?;/m1./s1/i5D;2T. The predicted molar refractivity (Wildman–Crippen MR) is 263 cm³/mol. The predicted octanol–water partition coefficient (Wildman–Crippen LogP) is 13.9. The van der Waals surface area contributed by atoms with Crippen molar-refractivity contribution in [3.8, 4) is 5.75 Å². The second kappa shape index (κ2) is 29.7. The van der Waals surface area contributed by atoms with E-state index < -0.39 is 45.7 Å². The molecule has 4 rings (SSSR count). The van der Waals surface area contributed by atoms with E-state index in [0.29, 0.717) is 57.4 Å². The van der Waals surface area contributed by atoms with Crippen LogP contribution in [0.5, 0.6) is 5.75 Å². The third-order valence-electron chi connectivity index (χ3n) is 13.7. The first kappa shape index (κ1) is 59.6. The summed E-state index contributed by atoms with van der Waals surface area (Å²) in [4.78, 5) is 5.79. The van der Waals surface area contributed by atoms with Gasteiger partial charge in [-0.05, 0) is 171 Å². The highest BCUT2D eigenvalue weighted by molar-refractivity contribution is 8.76. The van der Waals surface area contributed by atoms with Crippen molar-refractivity contribution in [2.24, 2.45) is 23.2 Å². The Morgan fingerprint density at radius 3 is 2.17 bits per heavy atom. The Bertz CT molecular complexity index is 1700. The van der Waals surface area contributed by atoms with Crippen LogP contribution in [0.3, 0.4) is 0 Å². The van der Waals surface area contributed by atoms with Gasteiger partial charge in [0, 0.05) is 38.7 Å². The summed E-state index contributed by atoms with van der Waals surface area (Å²) in [5.41, 5.74) is -3.91. The lowest BCUT2D eigenvalue weighted by molar-refractivity contribution is -0.457. The van der Waals surface area contributed by atoms with Gasteiger partial charge in [-0.1, -0.05) is 47.9 Å². The van der Waals surface area contributed by atoms with Crippen LogP contribution in [0.1, 0.15) is 131 Å². The van der Waals surface area contributed by atoms with Crippen molar-refractivity contribution < 1.29 is 69.3 Å². The van der Waals surface area contributed by atoms with Gasteiger partial charge < -0.3 is 38.1 Å². The largest absolute Gasteiger partial charge is 0.494 e. The number of nitrogens with zero attached hydrogens (tertiary/aromatic N) is 3. The summed E-state index contributed by atoms with van der Waals surface area (Å²) in [6.45, 7) is 20.1. The van der Waals surface area contributed by atoms with E-state index in [1.807, 2.05) is 27.7 Å². The molecule has 0 spiro atoms. The second-order valence-corrected chi connectivity index (χ2v) is 23.5. The molecule has 7 atom stereocenters. The van der Waals surface area contributed by atoms with Crippen LogP contribution in [0.15, 0.2) is 18.2 Å². The fourth-order valence-corrected chi connectivity index (χ4v) is 14.2. The van der Waals surface area contributed by atoms with E-state index in [9.17, 15) is 39.5 Å². The summed E-state index contributed by atoms with van der Waals surface area (Å²) in [5.74, 6) is 4.13. The molecule has 9 nitrogen and oxygen atoms in total. The SMILES string of the molecule is [2H]CC(CCCCN(C)CCCSSCCCOc1ccc2c(c1)CC[C@@H]1[C@@H]2CC[C@]2(C)[C@@H](OCCCOC(C(F)(F)F)(C(F)(F)F)C(F)(F)F)CC[C@@H]12)COP(OCC[N+]#[C-])N(C(C)C)C(C)C.[3H]OC. The maximum Gasteiger partial charge on any atom is 0.435 e. The van der Waals surface area contributed by atoms with E-state index in [-0.39, 0.29) is 36.1 Å². The smallest absolute Gasteiger partial charge is 0.435 e. The molecule has 2 unspecified atom stereocenters. The molecule has 0 aromatic heterocycles. The molecule has 406 valence electrons. The first-order valence-electron chi connectivity index (χ1n) is 25.7. The fourth-order valence-electron chi connectivity index (χ4n) is 10.4. The minimum atomic E-state index is -6.75. The molecule has 2 saturated carbocycles. The van der Waals surface area contributed by atoms with Gasteiger partial charge in [-0.2, -0.15) is 39.5 Å². The number of hydrogen-bond acceptors (Lipinski definition) is 10. The van der Waals surface area contributed by atoms with Gasteiger partial charge in [0.15, 0.2) is 0 Å². The van der Waals surface area contributed by atoms with Crippen molar-refractivity contribution in [3.05, 3.63) is 40.7 Å². The van der Waals surface area contributed by atoms with Crippen molar-refractivity contribution in [2.45, 2.75) is 167 Å². The Labute approximate surface area is 423 Å².